The van der Waals surface area contributed by atoms with E-state index >= 15 is 0 Å². The molecule has 0 saturated heterocycles. The van der Waals surface area contributed by atoms with E-state index in [9.17, 15) is 4.79 Å². The van der Waals surface area contributed by atoms with Gasteiger partial charge in [-0.25, -0.2) is 0 Å². The summed E-state index contributed by atoms with van der Waals surface area (Å²) in [7, 11) is 0. The average Bonchev–Trinajstić information content (AvgIpc) is 2.11. The number of hydrogen-bond acceptors (Lipinski definition) is 3. The molecule has 13 heavy (non-hydrogen) atoms. The highest BCUT2D eigenvalue weighted by molar-refractivity contribution is 5.70. The molecule has 76 valence electrons. The Morgan fingerprint density at radius 1 is 1.38 bits per heavy atom. The van der Waals surface area contributed by atoms with Crippen LogP contribution in [0, 0.1) is 0 Å². The molecule has 0 heterocycles. The van der Waals surface area contributed by atoms with Gasteiger partial charge in [0.05, 0.1) is 13.0 Å². The monoisotopic (exact) mass is 186 g/mol. The molecule has 0 unspecified atom stereocenters. The lowest BCUT2D eigenvalue weighted by Crippen LogP contribution is -2.07. The Hall–Kier alpha value is -0.830. The van der Waals surface area contributed by atoms with Crippen LogP contribution < -0.4 is 0 Å². The Labute approximate surface area is 79.7 Å². The molecule has 0 atom stereocenters. The molecule has 0 aromatic carbocycles. The molecule has 0 fully saturated rings. The Balaban J connectivity index is 3.06. The molecule has 0 aliphatic carbocycles. The summed E-state index contributed by atoms with van der Waals surface area (Å²) in [5.74, 6) is -0.217. The van der Waals surface area contributed by atoms with Crippen LogP contribution in [0.2, 0.25) is 0 Å². The molecule has 3 heteroatoms. The fourth-order valence-electron chi connectivity index (χ4n) is 0.770. The topological polar surface area (TPSA) is 35.5 Å². The molecule has 0 aliphatic rings. The zero-order valence-electron chi connectivity index (χ0n) is 8.25. The zero-order chi connectivity index (χ0) is 9.94. The molecular weight excluding hydrogens is 168 g/mol. The number of carbonyl (C=O) groups is 1. The minimum atomic E-state index is -0.217. The molecule has 0 bridgehead atoms. The fourth-order valence-corrected chi connectivity index (χ4v) is 0.770. The minimum Gasteiger partial charge on any atom is -0.465 e. The van der Waals surface area contributed by atoms with Gasteiger partial charge in [-0.05, 0) is 6.42 Å². The van der Waals surface area contributed by atoms with Gasteiger partial charge in [-0.15, -0.1) is 6.58 Å². The second kappa shape index (κ2) is 9.26. The van der Waals surface area contributed by atoms with Gasteiger partial charge in [0.1, 0.15) is 0 Å². The molecular formula is C10H18O3. The van der Waals surface area contributed by atoms with E-state index in [0.29, 0.717) is 13.2 Å². The molecule has 3 nitrogen and oxygen atoms in total. The third-order valence-electron chi connectivity index (χ3n) is 1.36. The van der Waals surface area contributed by atoms with Crippen molar-refractivity contribution in [3.05, 3.63) is 12.7 Å². The highest BCUT2D eigenvalue weighted by Crippen LogP contribution is 1.90. The van der Waals surface area contributed by atoms with E-state index in [1.54, 1.807) is 0 Å². The normalized spacial score (nSPS) is 9.62. The molecule has 0 aromatic heterocycles. The van der Waals surface area contributed by atoms with Gasteiger partial charge in [0, 0.05) is 19.6 Å². The summed E-state index contributed by atoms with van der Waals surface area (Å²) in [6.07, 6.45) is 3.62. The summed E-state index contributed by atoms with van der Waals surface area (Å²) in [6, 6.07) is 0. The lowest BCUT2D eigenvalue weighted by atomic mass is 10.4. The van der Waals surface area contributed by atoms with Crippen molar-refractivity contribution in [2.45, 2.75) is 26.2 Å². The molecule has 0 aromatic rings. The van der Waals surface area contributed by atoms with Crippen LogP contribution in [-0.2, 0) is 14.3 Å². The Kier molecular flexibility index (Phi) is 8.67. The lowest BCUT2D eigenvalue weighted by Gasteiger charge is -2.03. The van der Waals surface area contributed by atoms with Gasteiger partial charge in [-0.1, -0.05) is 13.0 Å². The first-order valence-corrected chi connectivity index (χ1v) is 4.65. The predicted octanol–water partition coefficient (Wildman–Crippen LogP) is 1.92. The molecule has 0 N–H and O–H groups in total. The van der Waals surface area contributed by atoms with Crippen molar-refractivity contribution < 1.29 is 14.3 Å². The van der Waals surface area contributed by atoms with Crippen molar-refractivity contribution in [3.8, 4) is 0 Å². The van der Waals surface area contributed by atoms with E-state index in [2.05, 4.69) is 13.5 Å². The molecule has 0 radical (unpaired) electrons. The van der Waals surface area contributed by atoms with Crippen molar-refractivity contribution in [1.29, 1.82) is 0 Å². The van der Waals surface area contributed by atoms with Gasteiger partial charge in [0.2, 0.25) is 0 Å². The summed E-state index contributed by atoms with van der Waals surface area (Å²) < 4.78 is 10.1. The highest BCUT2D eigenvalue weighted by Gasteiger charge is 1.97. The van der Waals surface area contributed by atoms with Crippen LogP contribution in [-0.4, -0.2) is 25.8 Å². The van der Waals surface area contributed by atoms with Gasteiger partial charge >= 0.3 is 5.97 Å². The van der Waals surface area contributed by atoms with Crippen molar-refractivity contribution >= 4 is 5.97 Å². The van der Waals surface area contributed by atoms with E-state index in [1.807, 2.05) is 0 Å². The van der Waals surface area contributed by atoms with Crippen LogP contribution in [0.4, 0.5) is 0 Å². The first kappa shape index (κ1) is 12.2. The molecule has 0 spiro atoms. The van der Waals surface area contributed by atoms with Crippen molar-refractivity contribution in [3.63, 3.8) is 0 Å². The van der Waals surface area contributed by atoms with Crippen molar-refractivity contribution in [2.75, 3.05) is 19.8 Å². The van der Waals surface area contributed by atoms with Crippen LogP contribution in [0.15, 0.2) is 12.7 Å². The zero-order valence-corrected chi connectivity index (χ0v) is 8.25. The standard InChI is InChI=1S/C10H18O3/c1-3-6-10(11)13-9-5-8-12-7-4-2/h3H,1,4-9H2,2H3. The van der Waals surface area contributed by atoms with Crippen molar-refractivity contribution in [2.24, 2.45) is 0 Å². The number of ether oxygens (including phenoxy) is 2. The molecule has 0 saturated carbocycles. The van der Waals surface area contributed by atoms with Crippen LogP contribution in [0.1, 0.15) is 26.2 Å². The third kappa shape index (κ3) is 9.08. The van der Waals surface area contributed by atoms with Gasteiger partial charge in [0.25, 0.3) is 0 Å². The van der Waals surface area contributed by atoms with Gasteiger partial charge in [-0.2, -0.15) is 0 Å². The Morgan fingerprint density at radius 3 is 2.77 bits per heavy atom. The first-order chi connectivity index (χ1) is 6.31. The van der Waals surface area contributed by atoms with Crippen LogP contribution in [0.3, 0.4) is 0 Å². The predicted molar refractivity (Wildman–Crippen MR) is 51.5 cm³/mol. The van der Waals surface area contributed by atoms with E-state index < -0.39 is 0 Å². The summed E-state index contributed by atoms with van der Waals surface area (Å²) >= 11 is 0. The average molecular weight is 186 g/mol. The summed E-state index contributed by atoms with van der Waals surface area (Å²) in [5, 5.41) is 0. The van der Waals surface area contributed by atoms with E-state index in [-0.39, 0.29) is 12.4 Å². The Morgan fingerprint density at radius 2 is 2.15 bits per heavy atom. The second-order valence-electron chi connectivity index (χ2n) is 2.68. The van der Waals surface area contributed by atoms with E-state index in [4.69, 9.17) is 9.47 Å². The van der Waals surface area contributed by atoms with Gasteiger partial charge < -0.3 is 9.47 Å². The van der Waals surface area contributed by atoms with Crippen LogP contribution in [0.25, 0.3) is 0 Å². The molecule has 0 aliphatic heterocycles. The maximum atomic E-state index is 10.8. The molecule has 0 amide bonds. The van der Waals surface area contributed by atoms with E-state index in [0.717, 1.165) is 19.4 Å². The van der Waals surface area contributed by atoms with Crippen molar-refractivity contribution in [1.82, 2.24) is 0 Å². The largest absolute Gasteiger partial charge is 0.465 e. The molecule has 0 rings (SSSR count). The Bertz CT molecular complexity index is 143. The smallest absolute Gasteiger partial charge is 0.309 e. The number of hydrogen-bond donors (Lipinski definition) is 0. The van der Waals surface area contributed by atoms with E-state index in [1.165, 1.54) is 6.08 Å². The number of carbonyl (C=O) groups excluding carboxylic acids is 1. The third-order valence-corrected chi connectivity index (χ3v) is 1.36. The van der Waals surface area contributed by atoms with Crippen LogP contribution >= 0.6 is 0 Å². The second-order valence-corrected chi connectivity index (χ2v) is 2.68. The van der Waals surface area contributed by atoms with Gasteiger partial charge in [-0.3, -0.25) is 4.79 Å². The highest BCUT2D eigenvalue weighted by atomic mass is 16.5. The maximum absolute atomic E-state index is 10.8. The minimum absolute atomic E-state index is 0.217. The number of esters is 1. The first-order valence-electron chi connectivity index (χ1n) is 4.65. The SMILES string of the molecule is C=CCC(=O)OCCCOCCC. The maximum Gasteiger partial charge on any atom is 0.309 e. The lowest BCUT2D eigenvalue weighted by molar-refractivity contribution is -0.142. The van der Waals surface area contributed by atoms with Gasteiger partial charge in [0.15, 0.2) is 0 Å². The fraction of sp³-hybridized carbons (Fsp3) is 0.700. The summed E-state index contributed by atoms with van der Waals surface area (Å²) in [4.78, 5) is 10.8. The quantitative estimate of drug-likeness (QED) is 0.330. The van der Waals surface area contributed by atoms with Crippen LogP contribution in [0.5, 0.6) is 0 Å². The summed E-state index contributed by atoms with van der Waals surface area (Å²) in [6.45, 7) is 7.38. The summed E-state index contributed by atoms with van der Waals surface area (Å²) in [5.41, 5.74) is 0. The number of rotatable bonds is 8.